The molecule has 0 fully saturated rings. The first-order valence-electron chi connectivity index (χ1n) is 5.91. The number of hydrogen-bond acceptors (Lipinski definition) is 4. The van der Waals surface area contributed by atoms with Crippen LogP contribution in [0.5, 0.6) is 11.8 Å². The lowest BCUT2D eigenvalue weighted by atomic mass is 10.2. The van der Waals surface area contributed by atoms with Gasteiger partial charge in [0.2, 0.25) is 11.8 Å². The topological polar surface area (TPSA) is 60.2 Å². The number of aromatic nitrogens is 3. The summed E-state index contributed by atoms with van der Waals surface area (Å²) >= 11 is 0. The largest absolute Gasteiger partial charge is 0.421 e. The summed E-state index contributed by atoms with van der Waals surface area (Å²) in [4.78, 5) is 4.37. The van der Waals surface area contributed by atoms with E-state index in [1.807, 2.05) is 33.0 Å². The van der Waals surface area contributed by atoms with Crippen molar-refractivity contribution in [2.45, 2.75) is 26.9 Å². The quantitative estimate of drug-likeness (QED) is 0.897. The molecule has 1 N–H and O–H groups in total. The third-order valence-electron chi connectivity index (χ3n) is 2.63. The number of pyridine rings is 1. The molecular weight excluding hydrogens is 230 g/mol. The maximum Gasteiger partial charge on any atom is 0.221 e. The van der Waals surface area contributed by atoms with Crippen LogP contribution in [0.3, 0.4) is 0 Å². The summed E-state index contributed by atoms with van der Waals surface area (Å²) in [6, 6.07) is 5.46. The second-order valence-corrected chi connectivity index (χ2v) is 4.17. The van der Waals surface area contributed by atoms with Gasteiger partial charge in [0.05, 0.1) is 12.3 Å². The Bertz CT molecular complexity index is 527. The van der Waals surface area contributed by atoms with Crippen LogP contribution in [0.15, 0.2) is 18.2 Å². The Morgan fingerprint density at radius 3 is 2.67 bits per heavy atom. The summed E-state index contributed by atoms with van der Waals surface area (Å²) in [7, 11) is 1.82. The van der Waals surface area contributed by atoms with Crippen molar-refractivity contribution in [3.63, 3.8) is 0 Å². The zero-order valence-electron chi connectivity index (χ0n) is 10.8. The molecule has 0 aromatic carbocycles. The van der Waals surface area contributed by atoms with Crippen LogP contribution in [0.1, 0.15) is 23.9 Å². The molecule has 2 aromatic rings. The van der Waals surface area contributed by atoms with E-state index in [1.54, 1.807) is 10.7 Å². The first-order valence-corrected chi connectivity index (χ1v) is 5.91. The van der Waals surface area contributed by atoms with Crippen molar-refractivity contribution in [3.8, 4) is 11.8 Å². The number of aliphatic hydroxyl groups excluding tert-OH is 1. The van der Waals surface area contributed by atoms with Gasteiger partial charge in [-0.05, 0) is 25.0 Å². The zero-order valence-corrected chi connectivity index (χ0v) is 10.8. The molecule has 2 heterocycles. The molecule has 96 valence electrons. The third kappa shape index (κ3) is 2.68. The van der Waals surface area contributed by atoms with E-state index in [1.165, 1.54) is 0 Å². The van der Waals surface area contributed by atoms with Crippen molar-refractivity contribution in [2.24, 2.45) is 7.05 Å². The average molecular weight is 247 g/mol. The minimum absolute atomic E-state index is 0.0176. The van der Waals surface area contributed by atoms with Crippen molar-refractivity contribution in [2.75, 3.05) is 0 Å². The van der Waals surface area contributed by atoms with Gasteiger partial charge in [0.15, 0.2) is 0 Å². The summed E-state index contributed by atoms with van der Waals surface area (Å²) in [6.07, 6.45) is 0.800. The van der Waals surface area contributed by atoms with Gasteiger partial charge in [-0.1, -0.05) is 6.92 Å². The standard InChI is InChI=1S/C13H17N3O2/c1-4-11-6-10(8-17)7-12(14-11)18-13-5-9(2)15-16(13)3/h5-7,17H,4,8H2,1-3H3. The van der Waals surface area contributed by atoms with Gasteiger partial charge < -0.3 is 9.84 Å². The molecule has 18 heavy (non-hydrogen) atoms. The number of rotatable bonds is 4. The van der Waals surface area contributed by atoms with Gasteiger partial charge in [-0.2, -0.15) is 5.10 Å². The van der Waals surface area contributed by atoms with Gasteiger partial charge in [0.1, 0.15) is 0 Å². The van der Waals surface area contributed by atoms with Crippen LogP contribution in [0.25, 0.3) is 0 Å². The number of aliphatic hydroxyl groups is 1. The molecule has 0 saturated carbocycles. The lowest BCUT2D eigenvalue weighted by Gasteiger charge is -2.07. The fraction of sp³-hybridized carbons (Fsp3) is 0.385. The van der Waals surface area contributed by atoms with Gasteiger partial charge in [-0.3, -0.25) is 0 Å². The van der Waals surface area contributed by atoms with Crippen molar-refractivity contribution in [3.05, 3.63) is 35.2 Å². The molecule has 0 radical (unpaired) electrons. The summed E-state index contributed by atoms with van der Waals surface area (Å²) in [5.74, 6) is 1.12. The lowest BCUT2D eigenvalue weighted by molar-refractivity contribution is 0.280. The molecule has 0 saturated heterocycles. The van der Waals surface area contributed by atoms with Crippen LogP contribution in [-0.4, -0.2) is 19.9 Å². The van der Waals surface area contributed by atoms with E-state index in [4.69, 9.17) is 4.74 Å². The first kappa shape index (κ1) is 12.6. The summed E-state index contributed by atoms with van der Waals surface area (Å²) < 4.78 is 7.35. The van der Waals surface area contributed by atoms with E-state index in [-0.39, 0.29) is 6.61 Å². The van der Waals surface area contributed by atoms with Crippen LogP contribution in [0.4, 0.5) is 0 Å². The number of ether oxygens (including phenoxy) is 1. The maximum atomic E-state index is 9.21. The fourth-order valence-corrected chi connectivity index (χ4v) is 1.73. The Labute approximate surface area is 106 Å². The predicted octanol–water partition coefficient (Wildman–Crippen LogP) is 1.97. The van der Waals surface area contributed by atoms with E-state index in [0.29, 0.717) is 11.8 Å². The molecule has 0 unspecified atom stereocenters. The van der Waals surface area contributed by atoms with Crippen molar-refractivity contribution in [1.82, 2.24) is 14.8 Å². The molecule has 2 rings (SSSR count). The fourth-order valence-electron chi connectivity index (χ4n) is 1.73. The highest BCUT2D eigenvalue weighted by Crippen LogP contribution is 2.21. The van der Waals surface area contributed by atoms with E-state index in [2.05, 4.69) is 10.1 Å². The van der Waals surface area contributed by atoms with E-state index in [0.717, 1.165) is 23.4 Å². The highest BCUT2D eigenvalue weighted by Gasteiger charge is 2.07. The predicted molar refractivity (Wildman–Crippen MR) is 67.6 cm³/mol. The molecule has 0 atom stereocenters. The highest BCUT2D eigenvalue weighted by molar-refractivity contribution is 5.28. The van der Waals surface area contributed by atoms with E-state index >= 15 is 0 Å². The van der Waals surface area contributed by atoms with Crippen LogP contribution < -0.4 is 4.74 Å². The van der Waals surface area contributed by atoms with Crippen LogP contribution in [0.2, 0.25) is 0 Å². The molecule has 0 aliphatic rings. The number of nitrogens with zero attached hydrogens (tertiary/aromatic N) is 3. The number of aryl methyl sites for hydroxylation is 3. The Hall–Kier alpha value is -1.88. The normalized spacial score (nSPS) is 10.7. The van der Waals surface area contributed by atoms with Crippen LogP contribution >= 0.6 is 0 Å². The lowest BCUT2D eigenvalue weighted by Crippen LogP contribution is -1.99. The highest BCUT2D eigenvalue weighted by atomic mass is 16.5. The van der Waals surface area contributed by atoms with E-state index < -0.39 is 0 Å². The van der Waals surface area contributed by atoms with Gasteiger partial charge in [0, 0.05) is 24.9 Å². The molecule has 5 heteroatoms. The molecule has 5 nitrogen and oxygen atoms in total. The molecule has 0 aliphatic carbocycles. The van der Waals surface area contributed by atoms with E-state index in [9.17, 15) is 5.11 Å². The van der Waals surface area contributed by atoms with Gasteiger partial charge in [-0.15, -0.1) is 0 Å². The summed E-state index contributed by atoms with van der Waals surface area (Å²) in [6.45, 7) is 3.90. The van der Waals surface area contributed by atoms with Crippen molar-refractivity contribution < 1.29 is 9.84 Å². The molecule has 2 aromatic heterocycles. The van der Waals surface area contributed by atoms with Gasteiger partial charge >= 0.3 is 0 Å². The molecular formula is C13H17N3O2. The first-order chi connectivity index (χ1) is 8.62. The molecule has 0 bridgehead atoms. The van der Waals surface area contributed by atoms with Gasteiger partial charge in [0.25, 0.3) is 0 Å². The molecule has 0 amide bonds. The second-order valence-electron chi connectivity index (χ2n) is 4.17. The SMILES string of the molecule is CCc1cc(CO)cc(Oc2cc(C)nn2C)n1. The van der Waals surface area contributed by atoms with Crippen LogP contribution in [0, 0.1) is 6.92 Å². The summed E-state index contributed by atoms with van der Waals surface area (Å²) in [5.41, 5.74) is 2.59. The van der Waals surface area contributed by atoms with Gasteiger partial charge in [-0.25, -0.2) is 9.67 Å². The van der Waals surface area contributed by atoms with Crippen molar-refractivity contribution >= 4 is 0 Å². The van der Waals surface area contributed by atoms with Crippen molar-refractivity contribution in [1.29, 1.82) is 0 Å². The second kappa shape index (κ2) is 5.18. The maximum absolute atomic E-state index is 9.21. The average Bonchev–Trinajstić information content (AvgIpc) is 2.67. The zero-order chi connectivity index (χ0) is 13.1. The molecule has 0 spiro atoms. The minimum atomic E-state index is -0.0176. The summed E-state index contributed by atoms with van der Waals surface area (Å²) in [5, 5.41) is 13.4. The Morgan fingerprint density at radius 1 is 1.33 bits per heavy atom. The monoisotopic (exact) mass is 247 g/mol. The minimum Gasteiger partial charge on any atom is -0.421 e. The number of hydrogen-bond donors (Lipinski definition) is 1. The Morgan fingerprint density at radius 2 is 2.11 bits per heavy atom. The Kier molecular flexibility index (Phi) is 3.62. The molecule has 0 aliphatic heterocycles. The Balaban J connectivity index is 2.30. The van der Waals surface area contributed by atoms with Crippen LogP contribution in [-0.2, 0) is 20.1 Å². The smallest absolute Gasteiger partial charge is 0.221 e. The third-order valence-corrected chi connectivity index (χ3v) is 2.63.